The fourth-order valence-corrected chi connectivity index (χ4v) is 7.06. The van der Waals surface area contributed by atoms with E-state index in [1.54, 1.807) is 37.9 Å². The number of nitrogens with zero attached hydrogens (tertiary/aromatic N) is 5. The van der Waals surface area contributed by atoms with Crippen molar-refractivity contribution in [3.8, 4) is 5.75 Å². The van der Waals surface area contributed by atoms with Crippen molar-refractivity contribution in [2.75, 3.05) is 38.8 Å². The number of methoxy groups -OCH3 is 1. The third-order valence-corrected chi connectivity index (χ3v) is 9.58. The molecule has 0 N–H and O–H groups in total. The number of carbonyl (C=O) groups excluding carboxylic acids is 1. The number of esters is 1. The maximum atomic E-state index is 13.7. The van der Waals surface area contributed by atoms with Gasteiger partial charge in [-0.2, -0.15) is 4.31 Å². The van der Waals surface area contributed by atoms with E-state index < -0.39 is 10.0 Å². The summed E-state index contributed by atoms with van der Waals surface area (Å²) in [4.78, 5) is 15.1. The normalized spacial score (nSPS) is 15.8. The summed E-state index contributed by atoms with van der Waals surface area (Å²) in [7, 11) is 1.57. The summed E-state index contributed by atoms with van der Waals surface area (Å²) < 4.78 is 41.7. The highest BCUT2D eigenvalue weighted by Crippen LogP contribution is 2.36. The molecule has 0 fully saturated rings. The number of likely N-dealkylation sites (N-methyl/N-ethyl adjacent to an activating group) is 1. The molecule has 1 aliphatic rings. The molecular weight excluding hydrogens is 542 g/mol. The minimum atomic E-state index is -3.73. The Kier molecular flexibility index (Phi) is 8.01. The molecule has 0 amide bonds. The van der Waals surface area contributed by atoms with Crippen molar-refractivity contribution in [1.29, 1.82) is 0 Å². The Labute approximate surface area is 240 Å². The zero-order valence-electron chi connectivity index (χ0n) is 24.0. The zero-order chi connectivity index (χ0) is 29.3. The van der Waals surface area contributed by atoms with E-state index in [0.717, 1.165) is 27.8 Å². The van der Waals surface area contributed by atoms with Gasteiger partial charge < -0.3 is 14.4 Å². The molecule has 1 aliphatic heterocycles. The van der Waals surface area contributed by atoms with Crippen LogP contribution >= 0.6 is 0 Å². The second-order valence-electron chi connectivity index (χ2n) is 10.3. The van der Waals surface area contributed by atoms with E-state index >= 15 is 0 Å². The number of ether oxygens (including phenoxy) is 2. The van der Waals surface area contributed by atoms with E-state index in [1.165, 1.54) is 4.31 Å². The van der Waals surface area contributed by atoms with Crippen LogP contribution in [-0.2, 0) is 33.1 Å². The van der Waals surface area contributed by atoms with Gasteiger partial charge in [0, 0.05) is 39.6 Å². The average molecular weight is 578 g/mol. The predicted molar refractivity (Wildman–Crippen MR) is 157 cm³/mol. The molecule has 1 unspecified atom stereocenters. The van der Waals surface area contributed by atoms with E-state index in [2.05, 4.69) is 10.3 Å². The second kappa shape index (κ2) is 11.5. The molecule has 0 radical (unpaired) electrons. The van der Waals surface area contributed by atoms with Crippen LogP contribution in [0.1, 0.15) is 41.5 Å². The maximum absolute atomic E-state index is 13.7. The summed E-state index contributed by atoms with van der Waals surface area (Å²) in [5, 5.41) is 8.41. The van der Waals surface area contributed by atoms with Gasteiger partial charge in [-0.05, 0) is 60.4 Å². The number of hydrogen-bond donors (Lipinski definition) is 0. The molecule has 0 saturated heterocycles. The minimum Gasteiger partial charge on any atom is -0.494 e. The standard InChI is InChI=1S/C30H35N5O5S/c1-6-40-29(36)18-24(22-16-25-30(27(17-22)39-5)34(4)32-31-25)21-12-11-20(2)23(15-21)19-35-14-13-33(3)26-9-7-8-10-28(26)41(35,37)38/h7-12,15-17,24H,6,13-14,18-19H2,1-5H3. The molecular formula is C30H35N5O5S. The third kappa shape index (κ3) is 5.51. The number of carbonyl (C=O) groups is 1. The lowest BCUT2D eigenvalue weighted by atomic mass is 9.86. The number of aryl methyl sites for hydroxylation is 2. The van der Waals surface area contributed by atoms with Crippen molar-refractivity contribution in [1.82, 2.24) is 19.3 Å². The number of fused-ring (bicyclic) bond motifs is 2. The summed E-state index contributed by atoms with van der Waals surface area (Å²) >= 11 is 0. The Balaban J connectivity index is 1.56. The average Bonchev–Trinajstić information content (AvgIpc) is 3.30. The maximum Gasteiger partial charge on any atom is 0.306 e. The fourth-order valence-electron chi connectivity index (χ4n) is 5.41. The predicted octanol–water partition coefficient (Wildman–Crippen LogP) is 4.01. The first-order valence-electron chi connectivity index (χ1n) is 13.6. The molecule has 4 aromatic rings. The van der Waals surface area contributed by atoms with Crippen molar-refractivity contribution in [3.05, 3.63) is 76.9 Å². The molecule has 1 atom stereocenters. The van der Waals surface area contributed by atoms with Gasteiger partial charge in [-0.3, -0.25) is 4.79 Å². The lowest BCUT2D eigenvalue weighted by Crippen LogP contribution is -2.33. The first-order valence-corrected chi connectivity index (χ1v) is 15.0. The van der Waals surface area contributed by atoms with Gasteiger partial charge in [0.05, 0.1) is 25.8 Å². The highest BCUT2D eigenvalue weighted by Gasteiger charge is 2.32. The Bertz CT molecular complexity index is 1700. The van der Waals surface area contributed by atoms with Crippen LogP contribution in [0.2, 0.25) is 0 Å². The number of para-hydroxylation sites is 1. The largest absolute Gasteiger partial charge is 0.494 e. The molecule has 0 bridgehead atoms. The van der Waals surface area contributed by atoms with Gasteiger partial charge in [0.2, 0.25) is 10.0 Å². The number of aromatic nitrogens is 3. The highest BCUT2D eigenvalue weighted by atomic mass is 32.2. The minimum absolute atomic E-state index is 0.103. The molecule has 2 heterocycles. The number of hydrogen-bond acceptors (Lipinski definition) is 8. The Morgan fingerprint density at radius 1 is 1.05 bits per heavy atom. The molecule has 41 heavy (non-hydrogen) atoms. The number of benzene rings is 3. The Morgan fingerprint density at radius 3 is 2.59 bits per heavy atom. The summed E-state index contributed by atoms with van der Waals surface area (Å²) in [6.45, 7) is 5.16. The Morgan fingerprint density at radius 2 is 1.83 bits per heavy atom. The van der Waals surface area contributed by atoms with Gasteiger partial charge >= 0.3 is 5.97 Å². The quantitative estimate of drug-likeness (QED) is 0.289. The molecule has 0 spiro atoms. The lowest BCUT2D eigenvalue weighted by molar-refractivity contribution is -0.143. The molecule has 10 nitrogen and oxygen atoms in total. The molecule has 5 rings (SSSR count). The van der Waals surface area contributed by atoms with Crippen molar-refractivity contribution >= 4 is 32.7 Å². The van der Waals surface area contributed by atoms with Crippen LogP contribution in [0.5, 0.6) is 5.75 Å². The third-order valence-electron chi connectivity index (χ3n) is 7.69. The summed E-state index contributed by atoms with van der Waals surface area (Å²) in [5.74, 6) is -0.0986. The van der Waals surface area contributed by atoms with Crippen molar-refractivity contribution in [2.24, 2.45) is 7.05 Å². The monoisotopic (exact) mass is 577 g/mol. The van der Waals surface area contributed by atoms with E-state index in [0.29, 0.717) is 34.9 Å². The fraction of sp³-hybridized carbons (Fsp3) is 0.367. The van der Waals surface area contributed by atoms with Gasteiger partial charge in [0.25, 0.3) is 0 Å². The van der Waals surface area contributed by atoms with Crippen molar-refractivity contribution in [3.63, 3.8) is 0 Å². The van der Waals surface area contributed by atoms with Gasteiger partial charge in [0.1, 0.15) is 21.7 Å². The van der Waals surface area contributed by atoms with Crippen LogP contribution < -0.4 is 9.64 Å². The SMILES string of the molecule is CCOC(=O)CC(c1ccc(C)c(CN2CCN(C)c3ccccc3S2(=O)=O)c1)c1cc(OC)c2c(c1)nnn2C. The smallest absolute Gasteiger partial charge is 0.306 e. The van der Waals surface area contributed by atoms with Gasteiger partial charge in [-0.1, -0.05) is 35.5 Å². The Hall–Kier alpha value is -3.96. The molecule has 0 saturated carbocycles. The van der Waals surface area contributed by atoms with Crippen LogP contribution in [0.25, 0.3) is 11.0 Å². The van der Waals surface area contributed by atoms with E-state index in [1.807, 2.05) is 61.3 Å². The van der Waals surface area contributed by atoms with Crippen molar-refractivity contribution < 1.29 is 22.7 Å². The highest BCUT2D eigenvalue weighted by molar-refractivity contribution is 7.89. The van der Waals surface area contributed by atoms with Crippen LogP contribution in [0.4, 0.5) is 5.69 Å². The zero-order valence-corrected chi connectivity index (χ0v) is 24.8. The van der Waals surface area contributed by atoms with E-state index in [-0.39, 0.29) is 31.5 Å². The van der Waals surface area contributed by atoms with Gasteiger partial charge in [-0.15, -0.1) is 5.10 Å². The van der Waals surface area contributed by atoms with E-state index in [9.17, 15) is 13.2 Å². The molecule has 0 aliphatic carbocycles. The number of anilines is 1. The summed E-state index contributed by atoms with van der Waals surface area (Å²) in [6.07, 6.45) is 0.103. The van der Waals surface area contributed by atoms with Crippen molar-refractivity contribution in [2.45, 2.75) is 37.6 Å². The molecule has 11 heteroatoms. The first kappa shape index (κ1) is 28.6. The van der Waals surface area contributed by atoms with Crippen LogP contribution in [0, 0.1) is 6.92 Å². The van der Waals surface area contributed by atoms with E-state index in [4.69, 9.17) is 9.47 Å². The van der Waals surface area contributed by atoms with Gasteiger partial charge in [-0.25, -0.2) is 13.1 Å². The van der Waals surface area contributed by atoms with Crippen LogP contribution in [-0.4, -0.2) is 67.5 Å². The molecule has 216 valence electrons. The second-order valence-corrected chi connectivity index (χ2v) is 12.2. The number of sulfonamides is 1. The summed E-state index contributed by atoms with van der Waals surface area (Å²) in [6, 6.07) is 16.9. The first-order chi connectivity index (χ1) is 19.6. The van der Waals surface area contributed by atoms with Crippen LogP contribution in [0.3, 0.4) is 0 Å². The summed E-state index contributed by atoms with van der Waals surface area (Å²) in [5.41, 5.74) is 5.64. The molecule has 3 aromatic carbocycles. The van der Waals surface area contributed by atoms with Crippen LogP contribution in [0.15, 0.2) is 59.5 Å². The topological polar surface area (TPSA) is 107 Å². The lowest BCUT2D eigenvalue weighted by Gasteiger charge is -2.23. The van der Waals surface area contributed by atoms with Gasteiger partial charge in [0.15, 0.2) is 0 Å². The number of rotatable bonds is 8. The molecule has 1 aromatic heterocycles.